The monoisotopic (exact) mass is 411 g/mol. The Hall–Kier alpha value is -3.55. The summed E-state index contributed by atoms with van der Waals surface area (Å²) in [5, 5.41) is 4.03. The first kappa shape index (κ1) is 21.2. The van der Waals surface area contributed by atoms with Crippen molar-refractivity contribution in [2.24, 2.45) is 0 Å². The van der Waals surface area contributed by atoms with Crippen molar-refractivity contribution in [3.8, 4) is 28.6 Å². The summed E-state index contributed by atoms with van der Waals surface area (Å²) in [7, 11) is 4.53. The molecule has 0 radical (unpaired) electrons. The molecule has 0 fully saturated rings. The molecular weight excluding hydrogens is 386 g/mol. The highest BCUT2D eigenvalue weighted by Crippen LogP contribution is 2.38. The highest BCUT2D eigenvalue weighted by atomic mass is 16.5. The second-order valence-corrected chi connectivity index (χ2v) is 6.61. The average Bonchev–Trinajstić information content (AvgIpc) is 3.24. The van der Waals surface area contributed by atoms with Crippen LogP contribution in [0.15, 0.2) is 40.9 Å². The molecule has 3 aromatic rings. The van der Waals surface area contributed by atoms with Crippen LogP contribution in [0.5, 0.6) is 17.2 Å². The Bertz CT molecular complexity index is 989. The Labute approximate surface area is 175 Å². The third-order valence-electron chi connectivity index (χ3n) is 4.68. The minimum atomic E-state index is -0.216. The molecule has 0 saturated heterocycles. The molecule has 1 aromatic heterocycles. The first-order chi connectivity index (χ1) is 14.5. The fourth-order valence-corrected chi connectivity index (χ4v) is 3.02. The molecule has 0 N–H and O–H groups in total. The number of methoxy groups -OCH3 is 3. The fraction of sp³-hybridized carbons (Fsp3) is 0.318. The number of benzene rings is 2. The molecule has 0 unspecified atom stereocenters. The van der Waals surface area contributed by atoms with Gasteiger partial charge in [-0.1, -0.05) is 35.0 Å². The van der Waals surface area contributed by atoms with E-state index in [0.717, 1.165) is 11.1 Å². The molecule has 3 rings (SSSR count). The molecule has 2 aromatic carbocycles. The van der Waals surface area contributed by atoms with Crippen molar-refractivity contribution in [3.63, 3.8) is 0 Å². The number of carbonyl (C=O) groups is 1. The molecule has 8 heteroatoms. The molecule has 0 atom stereocenters. The lowest BCUT2D eigenvalue weighted by Crippen LogP contribution is -2.30. The molecule has 0 aliphatic heterocycles. The maximum atomic E-state index is 13.1. The van der Waals surface area contributed by atoms with Gasteiger partial charge in [0.05, 0.1) is 21.3 Å². The lowest BCUT2D eigenvalue weighted by atomic mass is 10.1. The van der Waals surface area contributed by atoms with Gasteiger partial charge >= 0.3 is 0 Å². The summed E-state index contributed by atoms with van der Waals surface area (Å²) in [6, 6.07) is 11.1. The summed E-state index contributed by atoms with van der Waals surface area (Å²) in [6.07, 6.45) is 0. The van der Waals surface area contributed by atoms with Gasteiger partial charge in [-0.05, 0) is 26.0 Å². The molecule has 158 valence electrons. The van der Waals surface area contributed by atoms with Crippen LogP contribution in [0.2, 0.25) is 0 Å². The van der Waals surface area contributed by atoms with Gasteiger partial charge in [0.15, 0.2) is 11.5 Å². The van der Waals surface area contributed by atoms with E-state index >= 15 is 0 Å². The van der Waals surface area contributed by atoms with Crippen molar-refractivity contribution in [2.75, 3.05) is 27.9 Å². The van der Waals surface area contributed by atoms with Crippen LogP contribution in [-0.2, 0) is 6.54 Å². The van der Waals surface area contributed by atoms with Crippen LogP contribution in [0.3, 0.4) is 0 Å². The maximum absolute atomic E-state index is 13.1. The summed E-state index contributed by atoms with van der Waals surface area (Å²) in [5.74, 6) is 1.88. The van der Waals surface area contributed by atoms with Gasteiger partial charge in [-0.3, -0.25) is 4.79 Å². The van der Waals surface area contributed by atoms with Crippen LogP contribution in [0.25, 0.3) is 11.4 Å². The van der Waals surface area contributed by atoms with Gasteiger partial charge < -0.3 is 23.6 Å². The van der Waals surface area contributed by atoms with Crippen molar-refractivity contribution in [3.05, 3.63) is 53.4 Å². The lowest BCUT2D eigenvalue weighted by molar-refractivity contribution is 0.0733. The van der Waals surface area contributed by atoms with E-state index in [9.17, 15) is 4.79 Å². The minimum Gasteiger partial charge on any atom is -0.493 e. The number of nitrogens with zero attached hydrogens (tertiary/aromatic N) is 3. The van der Waals surface area contributed by atoms with Crippen molar-refractivity contribution < 1.29 is 23.5 Å². The second-order valence-electron chi connectivity index (χ2n) is 6.61. The Morgan fingerprint density at radius 3 is 2.20 bits per heavy atom. The molecule has 30 heavy (non-hydrogen) atoms. The molecule has 1 amide bonds. The van der Waals surface area contributed by atoms with Crippen molar-refractivity contribution >= 4 is 5.91 Å². The quantitative estimate of drug-likeness (QED) is 0.558. The smallest absolute Gasteiger partial charge is 0.254 e. The zero-order valence-corrected chi connectivity index (χ0v) is 17.8. The summed E-state index contributed by atoms with van der Waals surface area (Å²) in [5.41, 5.74) is 2.41. The van der Waals surface area contributed by atoms with E-state index < -0.39 is 0 Å². The zero-order valence-electron chi connectivity index (χ0n) is 17.8. The van der Waals surface area contributed by atoms with Gasteiger partial charge in [-0.25, -0.2) is 0 Å². The predicted octanol–water partition coefficient (Wildman–Crippen LogP) is 3.73. The minimum absolute atomic E-state index is 0.185. The fourth-order valence-electron chi connectivity index (χ4n) is 3.02. The van der Waals surface area contributed by atoms with Crippen LogP contribution in [0, 0.1) is 6.92 Å². The normalized spacial score (nSPS) is 10.6. The SMILES string of the molecule is CCN(Cc1nc(-c2ccc(C)cc2)no1)C(=O)c1cc(OC)c(OC)c(OC)c1. The number of aromatic nitrogens is 2. The number of aryl methyl sites for hydroxylation is 1. The number of hydrogen-bond donors (Lipinski definition) is 0. The Balaban J connectivity index is 1.83. The number of amides is 1. The van der Waals surface area contributed by atoms with Crippen LogP contribution >= 0.6 is 0 Å². The van der Waals surface area contributed by atoms with Gasteiger partial charge in [-0.15, -0.1) is 0 Å². The highest BCUT2D eigenvalue weighted by Gasteiger charge is 2.22. The number of rotatable bonds is 8. The zero-order chi connectivity index (χ0) is 21.7. The molecule has 8 nitrogen and oxygen atoms in total. The predicted molar refractivity (Wildman–Crippen MR) is 111 cm³/mol. The Morgan fingerprint density at radius 2 is 1.67 bits per heavy atom. The molecular formula is C22H25N3O5. The van der Waals surface area contributed by atoms with Gasteiger partial charge in [0.2, 0.25) is 17.5 Å². The van der Waals surface area contributed by atoms with E-state index in [4.69, 9.17) is 18.7 Å². The average molecular weight is 411 g/mol. The van der Waals surface area contributed by atoms with Crippen LogP contribution in [0.4, 0.5) is 0 Å². The van der Waals surface area contributed by atoms with Gasteiger partial charge in [0.1, 0.15) is 6.54 Å². The third kappa shape index (κ3) is 4.37. The number of carbonyl (C=O) groups excluding carboxylic acids is 1. The summed E-state index contributed by atoms with van der Waals surface area (Å²) >= 11 is 0. The third-order valence-corrected chi connectivity index (χ3v) is 4.68. The molecule has 0 aliphatic rings. The van der Waals surface area contributed by atoms with Gasteiger partial charge in [-0.2, -0.15) is 4.98 Å². The summed E-state index contributed by atoms with van der Waals surface area (Å²) < 4.78 is 21.4. The van der Waals surface area contributed by atoms with Crippen LogP contribution < -0.4 is 14.2 Å². The number of hydrogen-bond acceptors (Lipinski definition) is 7. The van der Waals surface area contributed by atoms with E-state index in [2.05, 4.69) is 10.1 Å². The highest BCUT2D eigenvalue weighted by molar-refractivity contribution is 5.95. The standard InChI is InChI=1S/C22H25N3O5/c1-6-25(13-19-23-21(24-30-19)15-9-7-14(2)8-10-15)22(26)16-11-17(27-3)20(29-5)18(12-16)28-4/h7-12H,6,13H2,1-5H3. The van der Waals surface area contributed by atoms with Crippen molar-refractivity contribution in [1.82, 2.24) is 15.0 Å². The Morgan fingerprint density at radius 1 is 1.03 bits per heavy atom. The molecule has 0 spiro atoms. The van der Waals surface area contributed by atoms with Gasteiger partial charge in [0, 0.05) is 17.7 Å². The number of ether oxygens (including phenoxy) is 3. The topological polar surface area (TPSA) is 86.9 Å². The van der Waals surface area contributed by atoms with E-state index in [1.807, 2.05) is 38.1 Å². The van der Waals surface area contributed by atoms with E-state index in [1.54, 1.807) is 17.0 Å². The van der Waals surface area contributed by atoms with E-state index in [-0.39, 0.29) is 12.5 Å². The first-order valence-corrected chi connectivity index (χ1v) is 9.49. The van der Waals surface area contributed by atoms with Crippen LogP contribution in [0.1, 0.15) is 28.7 Å². The van der Waals surface area contributed by atoms with Crippen LogP contribution in [-0.4, -0.2) is 48.8 Å². The van der Waals surface area contributed by atoms with Crippen molar-refractivity contribution in [1.29, 1.82) is 0 Å². The second kappa shape index (κ2) is 9.30. The van der Waals surface area contributed by atoms with Gasteiger partial charge in [0.25, 0.3) is 5.91 Å². The lowest BCUT2D eigenvalue weighted by Gasteiger charge is -2.20. The van der Waals surface area contributed by atoms with E-state index in [1.165, 1.54) is 21.3 Å². The first-order valence-electron chi connectivity index (χ1n) is 9.49. The molecule has 0 bridgehead atoms. The Kier molecular flexibility index (Phi) is 6.56. The molecule has 0 aliphatic carbocycles. The summed E-state index contributed by atoms with van der Waals surface area (Å²) in [6.45, 7) is 4.54. The largest absolute Gasteiger partial charge is 0.493 e. The molecule has 0 saturated carbocycles. The molecule has 1 heterocycles. The summed E-state index contributed by atoms with van der Waals surface area (Å²) in [4.78, 5) is 19.1. The maximum Gasteiger partial charge on any atom is 0.254 e. The van der Waals surface area contributed by atoms with E-state index in [0.29, 0.717) is 41.1 Å². The van der Waals surface area contributed by atoms with Crippen molar-refractivity contribution in [2.45, 2.75) is 20.4 Å².